The molecule has 0 saturated heterocycles. The summed E-state index contributed by atoms with van der Waals surface area (Å²) < 4.78 is 0. The van der Waals surface area contributed by atoms with Gasteiger partial charge in [0.25, 0.3) is 0 Å². The zero-order valence-electron chi connectivity index (χ0n) is 16.8. The number of rotatable bonds is 7. The number of aromatic nitrogens is 1. The molecular weight excluding hydrogens is 396 g/mol. The van der Waals surface area contributed by atoms with Gasteiger partial charge < -0.3 is 16.8 Å². The summed E-state index contributed by atoms with van der Waals surface area (Å²) in [6.45, 7) is 2.45. The van der Waals surface area contributed by atoms with Crippen molar-refractivity contribution < 1.29 is 4.79 Å². The molecule has 156 valence electrons. The van der Waals surface area contributed by atoms with Crippen LogP contribution in [0.15, 0.2) is 65.7 Å². The molecule has 0 aliphatic heterocycles. The fraction of sp³-hybridized carbons (Fsp3) is 0.227. The number of nitrogens with two attached hydrogens (primary N) is 2. The lowest BCUT2D eigenvalue weighted by atomic mass is 9.99. The standard InChI is InChI=1S/C22H26N6OS/c1-15-18(30-21(24)26-15)13-8-14-25-20(23)28-22(29)27-19(16-9-4-2-5-10-16)17-11-6-3-7-12-17/h2-7,9-12,19H,8,13-14H2,1H3,(H2,24,26)(H4,23,25,27,28,29). The van der Waals surface area contributed by atoms with Crippen LogP contribution in [0.1, 0.15) is 34.2 Å². The van der Waals surface area contributed by atoms with E-state index >= 15 is 0 Å². The van der Waals surface area contributed by atoms with E-state index in [1.54, 1.807) is 0 Å². The first-order valence-corrected chi connectivity index (χ1v) is 10.5. The summed E-state index contributed by atoms with van der Waals surface area (Å²) in [4.78, 5) is 22.1. The quantitative estimate of drug-likeness (QED) is 0.265. The van der Waals surface area contributed by atoms with Gasteiger partial charge in [-0.15, -0.1) is 11.3 Å². The zero-order chi connectivity index (χ0) is 21.3. The summed E-state index contributed by atoms with van der Waals surface area (Å²) in [7, 11) is 0. The Hall–Kier alpha value is -3.39. The minimum atomic E-state index is -0.403. The second-order valence-corrected chi connectivity index (χ2v) is 7.90. The number of carbonyl (C=O) groups is 1. The summed E-state index contributed by atoms with van der Waals surface area (Å²) in [6, 6.07) is 18.9. The van der Waals surface area contributed by atoms with Gasteiger partial charge in [-0.25, -0.2) is 9.78 Å². The summed E-state index contributed by atoms with van der Waals surface area (Å²) in [5.74, 6) is 0.0907. The van der Waals surface area contributed by atoms with E-state index < -0.39 is 6.03 Å². The second-order valence-electron chi connectivity index (χ2n) is 6.78. The number of nitrogens with one attached hydrogen (secondary N) is 2. The van der Waals surface area contributed by atoms with Crippen molar-refractivity contribution in [1.82, 2.24) is 15.6 Å². The summed E-state index contributed by atoms with van der Waals surface area (Å²) in [5, 5.41) is 6.17. The molecule has 0 fully saturated rings. The van der Waals surface area contributed by atoms with Crippen molar-refractivity contribution in [2.24, 2.45) is 10.7 Å². The normalized spacial score (nSPS) is 11.5. The van der Waals surface area contributed by atoms with Gasteiger partial charge in [-0.1, -0.05) is 60.7 Å². The Kier molecular flexibility index (Phi) is 7.40. The highest BCUT2D eigenvalue weighted by Crippen LogP contribution is 2.22. The molecule has 0 spiro atoms. The number of carbonyl (C=O) groups excluding carboxylic acids is 1. The first kappa shape index (κ1) is 21.3. The summed E-state index contributed by atoms with van der Waals surface area (Å²) in [6.07, 6.45) is 1.62. The first-order chi connectivity index (χ1) is 14.5. The number of benzene rings is 2. The third-order valence-electron chi connectivity index (χ3n) is 4.54. The van der Waals surface area contributed by atoms with Crippen LogP contribution in [0.4, 0.5) is 9.93 Å². The molecule has 8 heteroatoms. The maximum absolute atomic E-state index is 12.5. The minimum Gasteiger partial charge on any atom is -0.375 e. The van der Waals surface area contributed by atoms with Crippen LogP contribution in [0.25, 0.3) is 0 Å². The van der Waals surface area contributed by atoms with Crippen LogP contribution in [-0.4, -0.2) is 23.5 Å². The Bertz CT molecular complexity index is 948. The average Bonchev–Trinajstić information content (AvgIpc) is 3.07. The van der Waals surface area contributed by atoms with Crippen LogP contribution in [-0.2, 0) is 6.42 Å². The smallest absolute Gasteiger partial charge is 0.322 e. The highest BCUT2D eigenvalue weighted by Gasteiger charge is 2.16. The predicted octanol–water partition coefficient (Wildman–Crippen LogP) is 3.37. The minimum absolute atomic E-state index is 0.0907. The number of hydrogen-bond donors (Lipinski definition) is 4. The van der Waals surface area contributed by atoms with E-state index in [1.165, 1.54) is 11.3 Å². The highest BCUT2D eigenvalue weighted by molar-refractivity contribution is 7.15. The number of aliphatic imine (C=N–C) groups is 1. The largest absolute Gasteiger partial charge is 0.375 e. The number of nitrogen functional groups attached to an aromatic ring is 1. The topological polar surface area (TPSA) is 118 Å². The maximum Gasteiger partial charge on any atom is 0.322 e. The van der Waals surface area contributed by atoms with Gasteiger partial charge in [-0.2, -0.15) is 0 Å². The second kappa shape index (κ2) is 10.4. The van der Waals surface area contributed by atoms with Crippen LogP contribution >= 0.6 is 11.3 Å². The Morgan fingerprint density at radius 1 is 1.10 bits per heavy atom. The van der Waals surface area contributed by atoms with E-state index in [0.717, 1.165) is 34.5 Å². The van der Waals surface area contributed by atoms with Crippen molar-refractivity contribution in [2.75, 3.05) is 12.3 Å². The Morgan fingerprint density at radius 3 is 2.23 bits per heavy atom. The number of guanidine groups is 1. The van der Waals surface area contributed by atoms with E-state index in [1.807, 2.05) is 67.6 Å². The van der Waals surface area contributed by atoms with Crippen molar-refractivity contribution in [3.05, 3.63) is 82.4 Å². The van der Waals surface area contributed by atoms with Crippen molar-refractivity contribution in [3.63, 3.8) is 0 Å². The van der Waals surface area contributed by atoms with Crippen molar-refractivity contribution in [2.45, 2.75) is 25.8 Å². The molecule has 1 heterocycles. The lowest BCUT2D eigenvalue weighted by Gasteiger charge is -2.20. The van der Waals surface area contributed by atoms with Gasteiger partial charge in [0.2, 0.25) is 0 Å². The van der Waals surface area contributed by atoms with E-state index in [9.17, 15) is 4.79 Å². The van der Waals surface area contributed by atoms with Gasteiger partial charge in [0, 0.05) is 11.4 Å². The number of urea groups is 1. The summed E-state index contributed by atoms with van der Waals surface area (Å²) in [5.41, 5.74) is 14.5. The lowest BCUT2D eigenvalue weighted by Crippen LogP contribution is -2.45. The Morgan fingerprint density at radius 2 is 1.70 bits per heavy atom. The fourth-order valence-electron chi connectivity index (χ4n) is 3.09. The number of amides is 2. The predicted molar refractivity (Wildman–Crippen MR) is 122 cm³/mol. The molecule has 0 bridgehead atoms. The van der Waals surface area contributed by atoms with Gasteiger partial charge in [0.15, 0.2) is 11.1 Å². The van der Waals surface area contributed by atoms with Crippen LogP contribution in [0.3, 0.4) is 0 Å². The first-order valence-electron chi connectivity index (χ1n) is 9.72. The number of aryl methyl sites for hydroxylation is 2. The van der Waals surface area contributed by atoms with Crippen molar-refractivity contribution in [3.8, 4) is 0 Å². The number of thiazole rings is 1. The Labute approximate surface area is 180 Å². The monoisotopic (exact) mass is 422 g/mol. The van der Waals surface area contributed by atoms with Gasteiger partial charge in [0.1, 0.15) is 0 Å². The van der Waals surface area contributed by atoms with Gasteiger partial charge in [-0.05, 0) is 30.9 Å². The van der Waals surface area contributed by atoms with E-state index in [2.05, 4.69) is 20.6 Å². The van der Waals surface area contributed by atoms with Gasteiger partial charge in [0.05, 0.1) is 11.7 Å². The van der Waals surface area contributed by atoms with Crippen LogP contribution in [0.2, 0.25) is 0 Å². The molecule has 0 aliphatic carbocycles. The zero-order valence-corrected chi connectivity index (χ0v) is 17.7. The number of hydrogen-bond acceptors (Lipinski definition) is 5. The van der Waals surface area contributed by atoms with E-state index in [4.69, 9.17) is 11.5 Å². The molecule has 0 aliphatic rings. The molecule has 2 aromatic carbocycles. The van der Waals surface area contributed by atoms with Gasteiger partial charge in [-0.3, -0.25) is 10.3 Å². The molecule has 1 aromatic heterocycles. The molecule has 3 rings (SSSR count). The Balaban J connectivity index is 1.55. The molecule has 3 aromatic rings. The van der Waals surface area contributed by atoms with Crippen molar-refractivity contribution in [1.29, 1.82) is 0 Å². The maximum atomic E-state index is 12.5. The molecule has 7 nitrogen and oxygen atoms in total. The van der Waals surface area contributed by atoms with Crippen LogP contribution in [0.5, 0.6) is 0 Å². The lowest BCUT2D eigenvalue weighted by molar-refractivity contribution is 0.243. The molecule has 0 unspecified atom stereocenters. The molecule has 0 atom stereocenters. The highest BCUT2D eigenvalue weighted by atomic mass is 32.1. The molecule has 0 radical (unpaired) electrons. The molecule has 30 heavy (non-hydrogen) atoms. The molecule has 0 saturated carbocycles. The van der Waals surface area contributed by atoms with E-state index in [-0.39, 0.29) is 12.0 Å². The van der Waals surface area contributed by atoms with E-state index in [0.29, 0.717) is 11.7 Å². The third kappa shape index (κ3) is 6.05. The molecule has 6 N–H and O–H groups in total. The van der Waals surface area contributed by atoms with Gasteiger partial charge >= 0.3 is 6.03 Å². The van der Waals surface area contributed by atoms with Crippen molar-refractivity contribution >= 4 is 28.5 Å². The molecule has 2 amide bonds. The van der Waals surface area contributed by atoms with Crippen LogP contribution < -0.4 is 22.1 Å². The fourth-order valence-corrected chi connectivity index (χ4v) is 3.97. The SMILES string of the molecule is Cc1nc(N)sc1CCCN=C(N)NC(=O)NC(c1ccccc1)c1ccccc1. The average molecular weight is 423 g/mol. The number of anilines is 1. The summed E-state index contributed by atoms with van der Waals surface area (Å²) >= 11 is 1.49. The molecular formula is C22H26N6OS. The van der Waals surface area contributed by atoms with Crippen LogP contribution in [0, 0.1) is 6.92 Å². The third-order valence-corrected chi connectivity index (χ3v) is 5.58. The number of nitrogens with zero attached hydrogens (tertiary/aromatic N) is 2.